The van der Waals surface area contributed by atoms with Gasteiger partial charge in [-0.1, -0.05) is 48.5 Å². The number of imidazole rings is 1. The monoisotopic (exact) mass is 383 g/mol. The van der Waals surface area contributed by atoms with Gasteiger partial charge in [-0.3, -0.25) is 4.79 Å². The summed E-state index contributed by atoms with van der Waals surface area (Å²) in [5.74, 6) is 0.770. The van der Waals surface area contributed by atoms with E-state index in [2.05, 4.69) is 46.5 Å². The van der Waals surface area contributed by atoms with E-state index in [1.54, 1.807) is 0 Å². The maximum atomic E-state index is 12.6. The molecule has 2 N–H and O–H groups in total. The maximum absolute atomic E-state index is 12.6. The minimum Gasteiger partial charge on any atom is -0.350 e. The zero-order chi connectivity index (χ0) is 20.2. The fourth-order valence-electron chi connectivity index (χ4n) is 3.45. The first-order valence-electron chi connectivity index (χ1n) is 10.00. The molecule has 0 saturated heterocycles. The molecule has 3 aromatic carbocycles. The van der Waals surface area contributed by atoms with Crippen LogP contribution in [0.3, 0.4) is 0 Å². The van der Waals surface area contributed by atoms with Crippen LogP contribution in [0.25, 0.3) is 22.4 Å². The number of nitrogens with one attached hydrogen (secondary N) is 2. The minimum absolute atomic E-state index is 0.0441. The summed E-state index contributed by atoms with van der Waals surface area (Å²) in [6.07, 6.45) is 1.86. The summed E-state index contributed by atoms with van der Waals surface area (Å²) in [6, 6.07) is 24.2. The van der Waals surface area contributed by atoms with Crippen molar-refractivity contribution in [2.75, 3.05) is 0 Å². The molecule has 1 amide bonds. The van der Waals surface area contributed by atoms with Crippen molar-refractivity contribution in [1.82, 2.24) is 15.3 Å². The highest BCUT2D eigenvalue weighted by molar-refractivity contribution is 5.94. The predicted molar refractivity (Wildman–Crippen MR) is 118 cm³/mol. The molecule has 1 aromatic heterocycles. The minimum atomic E-state index is -0.0441. The lowest BCUT2D eigenvalue weighted by Crippen LogP contribution is -2.32. The lowest BCUT2D eigenvalue weighted by atomic mass is 10.1. The lowest BCUT2D eigenvalue weighted by Gasteiger charge is -2.14. The molecule has 0 unspecified atom stereocenters. The van der Waals surface area contributed by atoms with Crippen LogP contribution in [-0.4, -0.2) is 21.9 Å². The number of aromatic nitrogens is 2. The third kappa shape index (κ3) is 4.54. The van der Waals surface area contributed by atoms with Crippen LogP contribution in [0.2, 0.25) is 0 Å². The van der Waals surface area contributed by atoms with Crippen LogP contribution < -0.4 is 5.32 Å². The molecular formula is C25H25N3O. The van der Waals surface area contributed by atoms with E-state index in [1.165, 1.54) is 11.1 Å². The molecular weight excluding hydrogens is 358 g/mol. The van der Waals surface area contributed by atoms with Gasteiger partial charge in [0.2, 0.25) is 0 Å². The molecule has 0 aliphatic heterocycles. The first-order valence-corrected chi connectivity index (χ1v) is 10.00. The summed E-state index contributed by atoms with van der Waals surface area (Å²) in [6.45, 7) is 4.11. The van der Waals surface area contributed by atoms with E-state index in [4.69, 9.17) is 0 Å². The van der Waals surface area contributed by atoms with Gasteiger partial charge >= 0.3 is 0 Å². The molecule has 4 nitrogen and oxygen atoms in total. The van der Waals surface area contributed by atoms with Gasteiger partial charge in [0.1, 0.15) is 5.82 Å². The number of aromatic amines is 1. The van der Waals surface area contributed by atoms with Crippen LogP contribution in [0.5, 0.6) is 0 Å². The molecule has 0 saturated carbocycles. The van der Waals surface area contributed by atoms with Crippen LogP contribution in [0.4, 0.5) is 0 Å². The van der Waals surface area contributed by atoms with Crippen molar-refractivity contribution in [3.63, 3.8) is 0 Å². The summed E-state index contributed by atoms with van der Waals surface area (Å²) in [4.78, 5) is 20.6. The number of benzene rings is 3. The van der Waals surface area contributed by atoms with Gasteiger partial charge in [-0.05, 0) is 62.1 Å². The summed E-state index contributed by atoms with van der Waals surface area (Å²) in [7, 11) is 0. The van der Waals surface area contributed by atoms with Crippen LogP contribution in [0.15, 0.2) is 72.8 Å². The van der Waals surface area contributed by atoms with Crippen molar-refractivity contribution in [2.24, 2.45) is 0 Å². The van der Waals surface area contributed by atoms with Crippen molar-refractivity contribution in [2.45, 2.75) is 32.7 Å². The quantitative estimate of drug-likeness (QED) is 0.475. The van der Waals surface area contributed by atoms with E-state index in [0.717, 1.165) is 35.3 Å². The molecule has 1 heterocycles. The Kier molecular flexibility index (Phi) is 5.43. The van der Waals surface area contributed by atoms with Gasteiger partial charge in [0.15, 0.2) is 0 Å². The van der Waals surface area contributed by atoms with E-state index in [1.807, 2.05) is 55.5 Å². The molecule has 4 heteroatoms. The van der Waals surface area contributed by atoms with E-state index in [0.29, 0.717) is 5.56 Å². The first-order chi connectivity index (χ1) is 14.1. The Morgan fingerprint density at radius 3 is 2.55 bits per heavy atom. The van der Waals surface area contributed by atoms with Gasteiger partial charge in [-0.15, -0.1) is 0 Å². The van der Waals surface area contributed by atoms with E-state index in [-0.39, 0.29) is 11.9 Å². The second-order valence-electron chi connectivity index (χ2n) is 7.58. The van der Waals surface area contributed by atoms with E-state index in [9.17, 15) is 4.79 Å². The molecule has 4 aromatic rings. The van der Waals surface area contributed by atoms with E-state index < -0.39 is 0 Å². The topological polar surface area (TPSA) is 57.8 Å². The normalized spacial score (nSPS) is 12.1. The smallest absolute Gasteiger partial charge is 0.251 e. The standard InChI is InChI=1S/C25H25N3O/c1-17-8-15-22-23(16-17)28-24(27-22)20-11-13-21(14-12-20)25(29)26-18(2)9-10-19-6-4-3-5-7-19/h3-8,11-16,18H,9-10H2,1-2H3,(H,26,29)(H,27,28)/t18-/m1/s1. The van der Waals surface area contributed by atoms with Crippen molar-refractivity contribution in [3.8, 4) is 11.4 Å². The Hall–Kier alpha value is -3.40. The third-order valence-corrected chi connectivity index (χ3v) is 5.14. The van der Waals surface area contributed by atoms with Gasteiger partial charge in [-0.2, -0.15) is 0 Å². The number of nitrogens with zero attached hydrogens (tertiary/aromatic N) is 1. The Labute approximate surface area is 171 Å². The number of carbonyl (C=O) groups is 1. The van der Waals surface area contributed by atoms with Gasteiger partial charge in [0.05, 0.1) is 11.0 Å². The number of fused-ring (bicyclic) bond motifs is 1. The molecule has 0 bridgehead atoms. The van der Waals surface area contributed by atoms with Gasteiger partial charge in [-0.25, -0.2) is 4.98 Å². The highest BCUT2D eigenvalue weighted by Gasteiger charge is 2.11. The Morgan fingerprint density at radius 2 is 1.79 bits per heavy atom. The molecule has 146 valence electrons. The first kappa shape index (κ1) is 18.9. The summed E-state index contributed by atoms with van der Waals surface area (Å²) >= 11 is 0. The highest BCUT2D eigenvalue weighted by Crippen LogP contribution is 2.21. The Morgan fingerprint density at radius 1 is 1.03 bits per heavy atom. The average Bonchev–Trinajstić information content (AvgIpc) is 3.16. The number of rotatable bonds is 6. The van der Waals surface area contributed by atoms with Crippen LogP contribution in [0, 0.1) is 6.92 Å². The molecule has 0 aliphatic rings. The molecule has 1 atom stereocenters. The van der Waals surface area contributed by atoms with Gasteiger partial charge < -0.3 is 10.3 Å². The lowest BCUT2D eigenvalue weighted by molar-refractivity contribution is 0.0938. The molecule has 0 spiro atoms. The average molecular weight is 383 g/mol. The summed E-state index contributed by atoms with van der Waals surface area (Å²) in [5, 5.41) is 3.09. The van der Waals surface area contributed by atoms with Crippen LogP contribution >= 0.6 is 0 Å². The predicted octanol–water partition coefficient (Wildman–Crippen LogP) is 5.29. The zero-order valence-corrected chi connectivity index (χ0v) is 16.8. The van der Waals surface area contributed by atoms with Crippen molar-refractivity contribution in [1.29, 1.82) is 0 Å². The molecule has 0 fully saturated rings. The van der Waals surface area contributed by atoms with Crippen LogP contribution in [-0.2, 0) is 6.42 Å². The largest absolute Gasteiger partial charge is 0.350 e. The van der Waals surface area contributed by atoms with Gasteiger partial charge in [0, 0.05) is 17.2 Å². The number of hydrogen-bond donors (Lipinski definition) is 2. The molecule has 0 aliphatic carbocycles. The van der Waals surface area contributed by atoms with Gasteiger partial charge in [0.25, 0.3) is 5.91 Å². The Balaban J connectivity index is 1.39. The Bertz CT molecular complexity index is 1110. The second-order valence-corrected chi connectivity index (χ2v) is 7.58. The molecule has 4 rings (SSSR count). The highest BCUT2D eigenvalue weighted by atomic mass is 16.1. The zero-order valence-electron chi connectivity index (χ0n) is 16.8. The number of carbonyl (C=O) groups excluding carboxylic acids is 1. The third-order valence-electron chi connectivity index (χ3n) is 5.14. The van der Waals surface area contributed by atoms with E-state index >= 15 is 0 Å². The number of H-pyrrole nitrogens is 1. The fourth-order valence-corrected chi connectivity index (χ4v) is 3.45. The number of aryl methyl sites for hydroxylation is 2. The number of hydrogen-bond acceptors (Lipinski definition) is 2. The van der Waals surface area contributed by atoms with Crippen molar-refractivity contribution in [3.05, 3.63) is 89.5 Å². The number of amides is 1. The second kappa shape index (κ2) is 8.31. The van der Waals surface area contributed by atoms with Crippen molar-refractivity contribution >= 4 is 16.9 Å². The summed E-state index contributed by atoms with van der Waals surface area (Å²) in [5.41, 5.74) is 6.08. The van der Waals surface area contributed by atoms with Crippen LogP contribution in [0.1, 0.15) is 34.8 Å². The maximum Gasteiger partial charge on any atom is 0.251 e. The SMILES string of the molecule is Cc1ccc2nc(-c3ccc(C(=O)N[C@H](C)CCc4ccccc4)cc3)[nH]c2c1. The molecule has 0 radical (unpaired) electrons. The fraction of sp³-hybridized carbons (Fsp3) is 0.200. The van der Waals surface area contributed by atoms with Crippen molar-refractivity contribution < 1.29 is 4.79 Å². The summed E-state index contributed by atoms with van der Waals surface area (Å²) < 4.78 is 0. The molecule has 29 heavy (non-hydrogen) atoms.